The molecule has 1 aromatic carbocycles. The average Bonchev–Trinajstić information content (AvgIpc) is 2.35. The van der Waals surface area contributed by atoms with Crippen LogP contribution in [0.25, 0.3) is 0 Å². The van der Waals surface area contributed by atoms with Gasteiger partial charge < -0.3 is 4.74 Å². The van der Waals surface area contributed by atoms with Gasteiger partial charge in [-0.2, -0.15) is 26.3 Å². The van der Waals surface area contributed by atoms with Gasteiger partial charge in [-0.05, 0) is 30.0 Å². The van der Waals surface area contributed by atoms with E-state index in [1.165, 1.54) is 12.1 Å². The summed E-state index contributed by atoms with van der Waals surface area (Å²) in [5.41, 5.74) is -3.78. The third-order valence-electron chi connectivity index (χ3n) is 3.42. The third-order valence-corrected chi connectivity index (χ3v) is 3.42. The summed E-state index contributed by atoms with van der Waals surface area (Å²) in [4.78, 5) is 11.5. The molecule has 1 rings (SSSR count). The van der Waals surface area contributed by atoms with E-state index < -0.39 is 24.0 Å². The van der Waals surface area contributed by atoms with Crippen molar-refractivity contribution >= 4 is 6.09 Å². The Kier molecular flexibility index (Phi) is 5.18. The van der Waals surface area contributed by atoms with Crippen LogP contribution < -0.4 is 10.1 Å². The van der Waals surface area contributed by atoms with E-state index in [0.29, 0.717) is 0 Å². The number of benzene rings is 1. The quantitative estimate of drug-likeness (QED) is 0.760. The van der Waals surface area contributed by atoms with Crippen LogP contribution in [0.1, 0.15) is 33.3 Å². The first-order chi connectivity index (χ1) is 10.6. The molecule has 0 unspecified atom stereocenters. The van der Waals surface area contributed by atoms with Crippen molar-refractivity contribution in [1.29, 1.82) is 0 Å². The zero-order chi connectivity index (χ0) is 19.0. The van der Waals surface area contributed by atoms with Crippen molar-refractivity contribution in [3.63, 3.8) is 0 Å². The monoisotopic (exact) mass is 357 g/mol. The first-order valence-electron chi connectivity index (χ1n) is 6.82. The van der Waals surface area contributed by atoms with Gasteiger partial charge in [-0.3, -0.25) is 5.32 Å². The molecule has 1 aromatic rings. The Hall–Kier alpha value is -1.93. The molecule has 9 heteroatoms. The summed E-state index contributed by atoms with van der Waals surface area (Å²) in [7, 11) is 0. The number of hydrogen-bond acceptors (Lipinski definition) is 2. The van der Waals surface area contributed by atoms with E-state index in [1.54, 1.807) is 12.1 Å². The van der Waals surface area contributed by atoms with Crippen LogP contribution in [0.2, 0.25) is 0 Å². The lowest BCUT2D eigenvalue weighted by molar-refractivity contribution is -0.298. The third kappa shape index (κ3) is 4.33. The predicted octanol–water partition coefficient (Wildman–Crippen LogP) is 4.96. The molecule has 0 saturated heterocycles. The molecule has 3 nitrogen and oxygen atoms in total. The second-order valence-electron chi connectivity index (χ2n) is 6.41. The number of nitrogens with one attached hydrogen (secondary N) is 1. The lowest BCUT2D eigenvalue weighted by atomic mass is 9.87. The van der Waals surface area contributed by atoms with E-state index in [-0.39, 0.29) is 18.1 Å². The number of ether oxygens (including phenoxy) is 1. The highest BCUT2D eigenvalue weighted by Gasteiger charge is 2.69. The van der Waals surface area contributed by atoms with Gasteiger partial charge in [0, 0.05) is 0 Å². The Morgan fingerprint density at radius 2 is 1.29 bits per heavy atom. The maximum absolute atomic E-state index is 12.7. The number of amides is 1. The lowest BCUT2D eigenvalue weighted by Gasteiger charge is -2.34. The highest BCUT2D eigenvalue weighted by molar-refractivity contribution is 5.71. The molecule has 1 amide bonds. The van der Waals surface area contributed by atoms with Crippen LogP contribution in [0.15, 0.2) is 24.3 Å². The summed E-state index contributed by atoms with van der Waals surface area (Å²) in [6.07, 6.45) is -13.3. The SMILES string of the molecule is CC(C)(C)c1ccc(OC(=O)NC(C)(C(F)(F)F)C(F)(F)F)cc1. The summed E-state index contributed by atoms with van der Waals surface area (Å²) < 4.78 is 80.7. The first-order valence-corrected chi connectivity index (χ1v) is 6.82. The van der Waals surface area contributed by atoms with E-state index in [1.807, 2.05) is 20.8 Å². The van der Waals surface area contributed by atoms with Crippen LogP contribution in [0, 0.1) is 0 Å². The van der Waals surface area contributed by atoms with E-state index in [0.717, 1.165) is 10.9 Å². The molecule has 0 saturated carbocycles. The number of hydrogen-bond donors (Lipinski definition) is 1. The van der Waals surface area contributed by atoms with Crippen LogP contribution in [0.3, 0.4) is 0 Å². The molecule has 136 valence electrons. The molecule has 0 spiro atoms. The standard InChI is InChI=1S/C15H17F6NO2/c1-12(2,3)9-5-7-10(8-6-9)24-11(23)22-13(4,14(16,17)18)15(19,20)21/h5-8H,1-4H3,(H,22,23). The van der Waals surface area contributed by atoms with Gasteiger partial charge in [0.2, 0.25) is 5.54 Å². The highest BCUT2D eigenvalue weighted by Crippen LogP contribution is 2.42. The van der Waals surface area contributed by atoms with Crippen molar-refractivity contribution < 1.29 is 35.9 Å². The summed E-state index contributed by atoms with van der Waals surface area (Å²) in [6.45, 7) is 5.56. The van der Waals surface area contributed by atoms with Crippen LogP contribution in [0.5, 0.6) is 5.75 Å². The minimum absolute atomic E-state index is 0.170. The van der Waals surface area contributed by atoms with Crippen LogP contribution in [-0.2, 0) is 5.41 Å². The van der Waals surface area contributed by atoms with Crippen molar-refractivity contribution in [2.75, 3.05) is 0 Å². The fourth-order valence-electron chi connectivity index (χ4n) is 1.66. The van der Waals surface area contributed by atoms with Crippen LogP contribution >= 0.6 is 0 Å². The molecule has 0 atom stereocenters. The molecule has 0 aromatic heterocycles. The molecule has 0 heterocycles. The summed E-state index contributed by atoms with van der Waals surface area (Å²) in [5.74, 6) is -0.174. The smallest absolute Gasteiger partial charge is 0.410 e. The van der Waals surface area contributed by atoms with Gasteiger partial charge in [-0.1, -0.05) is 32.9 Å². The molecule has 24 heavy (non-hydrogen) atoms. The molecule has 0 aliphatic carbocycles. The predicted molar refractivity (Wildman–Crippen MR) is 74.8 cm³/mol. The second kappa shape index (κ2) is 6.18. The van der Waals surface area contributed by atoms with E-state index in [4.69, 9.17) is 0 Å². The van der Waals surface area contributed by atoms with Crippen molar-refractivity contribution in [3.8, 4) is 5.75 Å². The summed E-state index contributed by atoms with van der Waals surface area (Å²) >= 11 is 0. The number of carbonyl (C=O) groups excluding carboxylic acids is 1. The van der Waals surface area contributed by atoms with Crippen LogP contribution in [0.4, 0.5) is 31.1 Å². The average molecular weight is 357 g/mol. The maximum atomic E-state index is 12.7. The Morgan fingerprint density at radius 3 is 1.62 bits per heavy atom. The Bertz CT molecular complexity index is 570. The topological polar surface area (TPSA) is 38.3 Å². The largest absolute Gasteiger partial charge is 0.420 e. The van der Waals surface area contributed by atoms with Crippen molar-refractivity contribution in [1.82, 2.24) is 5.32 Å². The lowest BCUT2D eigenvalue weighted by Crippen LogP contribution is -2.66. The van der Waals surface area contributed by atoms with E-state index in [9.17, 15) is 31.1 Å². The molecular formula is C15H17F6NO2. The zero-order valence-corrected chi connectivity index (χ0v) is 13.4. The summed E-state index contributed by atoms with van der Waals surface area (Å²) in [6, 6.07) is 5.71. The molecular weight excluding hydrogens is 340 g/mol. The number of halogens is 6. The Morgan fingerprint density at radius 1 is 0.875 bits per heavy atom. The van der Waals surface area contributed by atoms with Gasteiger partial charge >= 0.3 is 18.4 Å². The number of alkyl halides is 6. The van der Waals surface area contributed by atoms with Crippen molar-refractivity contribution in [2.24, 2.45) is 0 Å². The van der Waals surface area contributed by atoms with Crippen molar-refractivity contribution in [2.45, 2.75) is 51.0 Å². The molecule has 0 bridgehead atoms. The molecule has 0 radical (unpaired) electrons. The molecule has 0 aliphatic rings. The van der Waals surface area contributed by atoms with Gasteiger partial charge in [-0.15, -0.1) is 0 Å². The van der Waals surface area contributed by atoms with Gasteiger partial charge in [0.15, 0.2) is 0 Å². The van der Waals surface area contributed by atoms with Crippen molar-refractivity contribution in [3.05, 3.63) is 29.8 Å². The summed E-state index contributed by atoms with van der Waals surface area (Å²) in [5, 5.41) is 0.855. The number of carbonyl (C=O) groups is 1. The second-order valence-corrected chi connectivity index (χ2v) is 6.41. The minimum Gasteiger partial charge on any atom is -0.410 e. The molecule has 1 N–H and O–H groups in total. The van der Waals surface area contributed by atoms with Gasteiger partial charge in [-0.25, -0.2) is 4.79 Å². The maximum Gasteiger partial charge on any atom is 0.420 e. The highest BCUT2D eigenvalue weighted by atomic mass is 19.4. The van der Waals surface area contributed by atoms with Gasteiger partial charge in [0.1, 0.15) is 5.75 Å². The fraction of sp³-hybridized carbons (Fsp3) is 0.533. The van der Waals surface area contributed by atoms with Crippen LogP contribution in [-0.4, -0.2) is 24.0 Å². The molecule has 0 aliphatic heterocycles. The normalized spacial score (nSPS) is 13.6. The zero-order valence-electron chi connectivity index (χ0n) is 13.4. The van der Waals surface area contributed by atoms with E-state index in [2.05, 4.69) is 4.74 Å². The minimum atomic E-state index is -5.74. The Balaban J connectivity index is 2.92. The van der Waals surface area contributed by atoms with Gasteiger partial charge in [0.25, 0.3) is 0 Å². The van der Waals surface area contributed by atoms with E-state index >= 15 is 0 Å². The number of rotatable bonds is 2. The van der Waals surface area contributed by atoms with Gasteiger partial charge in [0.05, 0.1) is 0 Å². The Labute approximate surface area is 135 Å². The fourth-order valence-corrected chi connectivity index (χ4v) is 1.66. The molecule has 0 fully saturated rings. The first kappa shape index (κ1) is 20.1.